The van der Waals surface area contributed by atoms with Crippen LogP contribution >= 0.6 is 0 Å². The van der Waals surface area contributed by atoms with Crippen molar-refractivity contribution in [3.05, 3.63) is 23.8 Å². The summed E-state index contributed by atoms with van der Waals surface area (Å²) in [5.41, 5.74) is 0.179. The lowest BCUT2D eigenvalue weighted by molar-refractivity contribution is -0.153. The molecule has 0 spiro atoms. The van der Waals surface area contributed by atoms with Gasteiger partial charge in [0.2, 0.25) is 0 Å². The molecule has 0 unspecified atom stereocenters. The Morgan fingerprint density at radius 1 is 1.50 bits per heavy atom. The van der Waals surface area contributed by atoms with Crippen LogP contribution in [0.1, 0.15) is 32.1 Å². The molecule has 18 heavy (non-hydrogen) atoms. The van der Waals surface area contributed by atoms with Gasteiger partial charge in [0.25, 0.3) is 0 Å². The highest BCUT2D eigenvalue weighted by Crippen LogP contribution is 2.50. The summed E-state index contributed by atoms with van der Waals surface area (Å²) in [6.07, 6.45) is 9.18. The summed E-state index contributed by atoms with van der Waals surface area (Å²) in [6, 6.07) is 0. The van der Waals surface area contributed by atoms with Gasteiger partial charge in [-0.15, -0.1) is 0 Å². The molecule has 4 heteroatoms. The van der Waals surface area contributed by atoms with Crippen LogP contribution in [-0.4, -0.2) is 24.2 Å². The fourth-order valence-electron chi connectivity index (χ4n) is 3.15. The van der Waals surface area contributed by atoms with Crippen molar-refractivity contribution in [3.8, 4) is 0 Å². The van der Waals surface area contributed by atoms with Crippen molar-refractivity contribution in [1.82, 2.24) is 0 Å². The predicted molar refractivity (Wildman–Crippen MR) is 65.9 cm³/mol. The third-order valence-electron chi connectivity index (χ3n) is 4.10. The molecule has 2 atom stereocenters. The van der Waals surface area contributed by atoms with Crippen molar-refractivity contribution in [2.24, 2.45) is 11.3 Å². The molecule has 0 saturated heterocycles. The summed E-state index contributed by atoms with van der Waals surface area (Å²) < 4.78 is 4.64. The first-order valence-electron chi connectivity index (χ1n) is 6.28. The zero-order valence-electron chi connectivity index (χ0n) is 10.5. The normalized spacial score (nSPS) is 32.9. The van der Waals surface area contributed by atoms with Crippen molar-refractivity contribution in [2.45, 2.75) is 32.1 Å². The third-order valence-corrected chi connectivity index (χ3v) is 4.10. The minimum atomic E-state index is -0.743. The second kappa shape index (κ2) is 4.96. The van der Waals surface area contributed by atoms with Gasteiger partial charge in [-0.05, 0) is 32.1 Å². The van der Waals surface area contributed by atoms with Crippen molar-refractivity contribution < 1.29 is 19.4 Å². The van der Waals surface area contributed by atoms with E-state index < -0.39 is 17.4 Å². The second-order valence-corrected chi connectivity index (χ2v) is 5.00. The van der Waals surface area contributed by atoms with Gasteiger partial charge in [0.1, 0.15) is 0 Å². The van der Waals surface area contributed by atoms with Gasteiger partial charge in [-0.1, -0.05) is 17.7 Å². The van der Waals surface area contributed by atoms with Crippen molar-refractivity contribution in [2.75, 3.05) is 7.11 Å². The number of ether oxygens (including phenoxy) is 1. The maximum absolute atomic E-state index is 11.6. The molecule has 0 aromatic carbocycles. The van der Waals surface area contributed by atoms with E-state index in [0.29, 0.717) is 12.8 Å². The molecule has 1 fully saturated rings. The summed E-state index contributed by atoms with van der Waals surface area (Å²) in [4.78, 5) is 23.0. The molecule has 1 saturated carbocycles. The minimum Gasteiger partial charge on any atom is -0.481 e. The van der Waals surface area contributed by atoms with E-state index in [1.165, 1.54) is 13.2 Å². The van der Waals surface area contributed by atoms with Gasteiger partial charge < -0.3 is 9.84 Å². The van der Waals surface area contributed by atoms with E-state index in [2.05, 4.69) is 4.74 Å². The number of rotatable bonds is 2. The molecule has 0 aliphatic heterocycles. The zero-order chi connectivity index (χ0) is 13.2. The average molecular weight is 250 g/mol. The molecule has 0 heterocycles. The first-order chi connectivity index (χ1) is 8.60. The zero-order valence-corrected chi connectivity index (χ0v) is 10.5. The molecule has 98 valence electrons. The number of fused-ring (bicyclic) bond motifs is 1. The van der Waals surface area contributed by atoms with Gasteiger partial charge in [-0.25, -0.2) is 4.79 Å². The Hall–Kier alpha value is -1.58. The van der Waals surface area contributed by atoms with Crippen LogP contribution in [0, 0.1) is 11.3 Å². The maximum Gasteiger partial charge on any atom is 0.330 e. The summed E-state index contributed by atoms with van der Waals surface area (Å²) >= 11 is 0. The minimum absolute atomic E-state index is 0.156. The average Bonchev–Trinajstić information content (AvgIpc) is 2.38. The summed E-state index contributed by atoms with van der Waals surface area (Å²) in [7, 11) is 1.34. The van der Waals surface area contributed by atoms with Crippen LogP contribution in [0.15, 0.2) is 23.8 Å². The largest absolute Gasteiger partial charge is 0.481 e. The van der Waals surface area contributed by atoms with Gasteiger partial charge in [-0.3, -0.25) is 4.79 Å². The predicted octanol–water partition coefficient (Wildman–Crippen LogP) is 2.31. The number of allylic oxidation sites excluding steroid dienone is 3. The summed E-state index contributed by atoms with van der Waals surface area (Å²) in [5, 5.41) is 9.56. The second-order valence-electron chi connectivity index (χ2n) is 5.00. The van der Waals surface area contributed by atoms with Gasteiger partial charge in [0.15, 0.2) is 0 Å². The van der Waals surface area contributed by atoms with E-state index in [1.54, 1.807) is 0 Å². The van der Waals surface area contributed by atoms with E-state index in [4.69, 9.17) is 0 Å². The van der Waals surface area contributed by atoms with Crippen LogP contribution in [0.25, 0.3) is 0 Å². The van der Waals surface area contributed by atoms with Gasteiger partial charge in [-0.2, -0.15) is 0 Å². The van der Waals surface area contributed by atoms with Crippen LogP contribution in [0.4, 0.5) is 0 Å². The van der Waals surface area contributed by atoms with Crippen molar-refractivity contribution >= 4 is 11.9 Å². The van der Waals surface area contributed by atoms with E-state index in [0.717, 1.165) is 24.8 Å². The Bertz CT molecular complexity index is 422. The van der Waals surface area contributed by atoms with Crippen LogP contribution in [0.5, 0.6) is 0 Å². The topological polar surface area (TPSA) is 63.6 Å². The van der Waals surface area contributed by atoms with E-state index >= 15 is 0 Å². The first-order valence-corrected chi connectivity index (χ1v) is 6.28. The van der Waals surface area contributed by atoms with E-state index in [9.17, 15) is 14.7 Å². The third kappa shape index (κ3) is 2.07. The molecule has 1 N–H and O–H groups in total. The Kier molecular flexibility index (Phi) is 3.55. The highest BCUT2D eigenvalue weighted by molar-refractivity contribution is 5.84. The molecule has 0 aromatic heterocycles. The summed E-state index contributed by atoms with van der Waals surface area (Å²) in [6.45, 7) is 0. The monoisotopic (exact) mass is 250 g/mol. The maximum atomic E-state index is 11.6. The van der Waals surface area contributed by atoms with Crippen molar-refractivity contribution in [1.29, 1.82) is 0 Å². The SMILES string of the molecule is COC(=O)/C=C1/CCC[C@@]2(C(=O)O)CCC=C[C@H]12. The molecular formula is C14H18O4. The van der Waals surface area contributed by atoms with Crippen LogP contribution in [0.3, 0.4) is 0 Å². The van der Waals surface area contributed by atoms with Crippen LogP contribution < -0.4 is 0 Å². The molecule has 0 aromatic rings. The van der Waals surface area contributed by atoms with Gasteiger partial charge in [0.05, 0.1) is 12.5 Å². The fourth-order valence-corrected chi connectivity index (χ4v) is 3.15. The van der Waals surface area contributed by atoms with E-state index in [1.807, 2.05) is 12.2 Å². The Morgan fingerprint density at radius 2 is 2.28 bits per heavy atom. The van der Waals surface area contributed by atoms with Crippen LogP contribution in [-0.2, 0) is 14.3 Å². The number of hydrogen-bond acceptors (Lipinski definition) is 3. The van der Waals surface area contributed by atoms with Gasteiger partial charge >= 0.3 is 11.9 Å². The molecular weight excluding hydrogens is 232 g/mol. The molecule has 2 aliphatic carbocycles. The number of hydrogen-bond donors (Lipinski definition) is 1. The molecule has 2 aliphatic rings. The number of carboxylic acid groups (broad SMARTS) is 1. The number of methoxy groups -OCH3 is 1. The highest BCUT2D eigenvalue weighted by atomic mass is 16.5. The fraction of sp³-hybridized carbons (Fsp3) is 0.571. The first kappa shape index (κ1) is 12.9. The lowest BCUT2D eigenvalue weighted by Gasteiger charge is -2.43. The quantitative estimate of drug-likeness (QED) is 0.464. The standard InChI is InChI=1S/C14H18O4/c1-18-12(15)9-10-5-4-8-14(13(16)17)7-3-2-6-11(10)14/h2,6,9,11H,3-5,7-8H2,1H3,(H,16,17)/b10-9-/t11-,14+/m1/s1. The Labute approximate surface area is 106 Å². The lowest BCUT2D eigenvalue weighted by Crippen LogP contribution is -2.42. The molecule has 2 rings (SSSR count). The Balaban J connectivity index is 2.37. The smallest absolute Gasteiger partial charge is 0.330 e. The number of carboxylic acids is 1. The Morgan fingerprint density at radius 3 is 2.94 bits per heavy atom. The molecule has 0 amide bonds. The number of carbonyl (C=O) groups excluding carboxylic acids is 1. The molecule has 4 nitrogen and oxygen atoms in total. The number of aliphatic carboxylic acids is 1. The highest BCUT2D eigenvalue weighted by Gasteiger charge is 2.48. The van der Waals surface area contributed by atoms with Crippen LogP contribution in [0.2, 0.25) is 0 Å². The number of esters is 1. The lowest BCUT2D eigenvalue weighted by atomic mass is 9.60. The number of carbonyl (C=O) groups is 2. The summed E-state index contributed by atoms with van der Waals surface area (Å²) in [5.74, 6) is -1.30. The van der Waals surface area contributed by atoms with Crippen molar-refractivity contribution in [3.63, 3.8) is 0 Å². The molecule has 0 radical (unpaired) electrons. The van der Waals surface area contributed by atoms with Gasteiger partial charge in [0, 0.05) is 12.0 Å². The van der Waals surface area contributed by atoms with E-state index in [-0.39, 0.29) is 5.92 Å². The molecule has 0 bridgehead atoms.